The number of nitrogens with one attached hydrogen (secondary N) is 1. The van der Waals surface area contributed by atoms with Crippen molar-refractivity contribution in [1.29, 1.82) is 0 Å². The van der Waals surface area contributed by atoms with Crippen LogP contribution in [-0.2, 0) is 23.9 Å². The molecule has 2 fully saturated rings. The number of halogens is 2. The third kappa shape index (κ3) is 5.41. The number of benzene rings is 1. The molecular formula is C28H31F2N5O6S. The number of morpholine rings is 1. The third-order valence-electron chi connectivity index (χ3n) is 7.79. The van der Waals surface area contributed by atoms with Crippen molar-refractivity contribution in [3.8, 4) is 0 Å². The van der Waals surface area contributed by atoms with Gasteiger partial charge in [0.2, 0.25) is 5.91 Å². The van der Waals surface area contributed by atoms with Gasteiger partial charge in [-0.15, -0.1) is 11.3 Å². The van der Waals surface area contributed by atoms with E-state index in [0.717, 1.165) is 6.07 Å². The van der Waals surface area contributed by atoms with Crippen LogP contribution in [0.1, 0.15) is 36.0 Å². The summed E-state index contributed by atoms with van der Waals surface area (Å²) in [4.78, 5) is 51.0. The monoisotopic (exact) mass is 603 g/mol. The van der Waals surface area contributed by atoms with Crippen molar-refractivity contribution in [2.24, 2.45) is 10.4 Å². The number of methoxy groups -OCH3 is 1. The standard InChI is InChI=1S/C28H31F2N5O6S/c1-14-15(5-6-16(29)20(14)30)21-19(26(37)40-4)17(32-23(33-21)24-31-7-10-42-24)11-34-8-9-41-18-12-35(25(36)22(18)34)13-28(2,3)27(38)39/h5-7,10,18,21-22H,8-9,11-13H2,1-4H3,(H,32,33)(H,38,39)/t18-,21-,22-/m0/s1. The topological polar surface area (TPSA) is 134 Å². The van der Waals surface area contributed by atoms with E-state index in [0.29, 0.717) is 29.7 Å². The number of rotatable bonds is 8. The molecule has 1 aromatic heterocycles. The van der Waals surface area contributed by atoms with Crippen LogP contribution in [0.3, 0.4) is 0 Å². The molecule has 0 aliphatic carbocycles. The van der Waals surface area contributed by atoms with Gasteiger partial charge >= 0.3 is 11.9 Å². The Kier molecular flexibility index (Phi) is 8.14. The Morgan fingerprint density at radius 2 is 2.07 bits per heavy atom. The first-order valence-electron chi connectivity index (χ1n) is 13.3. The summed E-state index contributed by atoms with van der Waals surface area (Å²) in [5, 5.41) is 15.1. The molecule has 14 heteroatoms. The van der Waals surface area contributed by atoms with E-state index in [9.17, 15) is 28.3 Å². The molecule has 2 aromatic rings. The van der Waals surface area contributed by atoms with Crippen molar-refractivity contribution < 1.29 is 37.7 Å². The molecule has 4 heterocycles. The molecule has 0 saturated carbocycles. The van der Waals surface area contributed by atoms with E-state index in [2.05, 4.69) is 10.3 Å². The quantitative estimate of drug-likeness (QED) is 0.436. The van der Waals surface area contributed by atoms with Crippen molar-refractivity contribution in [3.63, 3.8) is 0 Å². The lowest BCUT2D eigenvalue weighted by Gasteiger charge is -2.37. The van der Waals surface area contributed by atoms with Gasteiger partial charge in [0.25, 0.3) is 0 Å². The molecule has 2 saturated heterocycles. The lowest BCUT2D eigenvalue weighted by molar-refractivity contribution is -0.149. The molecule has 1 amide bonds. The number of amidine groups is 1. The van der Waals surface area contributed by atoms with Crippen LogP contribution in [0.25, 0.3) is 0 Å². The number of likely N-dealkylation sites (tertiary alicyclic amines) is 1. The highest BCUT2D eigenvalue weighted by atomic mass is 32.1. The van der Waals surface area contributed by atoms with Crippen molar-refractivity contribution in [1.82, 2.24) is 20.1 Å². The van der Waals surface area contributed by atoms with Crippen LogP contribution < -0.4 is 5.32 Å². The van der Waals surface area contributed by atoms with Crippen LogP contribution in [0, 0.1) is 24.0 Å². The number of carbonyl (C=O) groups is 3. The number of esters is 1. The number of ether oxygens (including phenoxy) is 2. The number of carboxylic acids is 1. The molecular weight excluding hydrogens is 572 g/mol. The van der Waals surface area contributed by atoms with E-state index in [1.807, 2.05) is 4.90 Å². The molecule has 0 radical (unpaired) electrons. The van der Waals surface area contributed by atoms with Crippen LogP contribution in [0.15, 0.2) is 40.0 Å². The number of aromatic nitrogens is 1. The summed E-state index contributed by atoms with van der Waals surface area (Å²) in [6.07, 6.45) is 1.09. The Morgan fingerprint density at radius 1 is 1.31 bits per heavy atom. The van der Waals surface area contributed by atoms with Crippen molar-refractivity contribution in [3.05, 3.63) is 62.7 Å². The minimum atomic E-state index is -1.16. The van der Waals surface area contributed by atoms with Gasteiger partial charge in [0.05, 0.1) is 30.8 Å². The molecule has 0 unspecified atom stereocenters. The minimum absolute atomic E-state index is 0.000939. The summed E-state index contributed by atoms with van der Waals surface area (Å²) in [5.74, 6) is -3.75. The number of aliphatic carboxylic acids is 1. The maximum Gasteiger partial charge on any atom is 0.338 e. The summed E-state index contributed by atoms with van der Waals surface area (Å²) in [6.45, 7) is 5.50. The summed E-state index contributed by atoms with van der Waals surface area (Å²) < 4.78 is 39.8. The third-order valence-corrected chi connectivity index (χ3v) is 8.57. The van der Waals surface area contributed by atoms with Crippen molar-refractivity contribution >= 4 is 35.0 Å². The zero-order valence-corrected chi connectivity index (χ0v) is 24.3. The van der Waals surface area contributed by atoms with Gasteiger partial charge in [-0.1, -0.05) is 6.07 Å². The Bertz CT molecular complexity index is 1480. The Labute approximate surface area is 244 Å². The summed E-state index contributed by atoms with van der Waals surface area (Å²) in [7, 11) is 1.22. The lowest BCUT2D eigenvalue weighted by atomic mass is 9.91. The first kappa shape index (κ1) is 29.7. The Hall–Kier alpha value is -3.75. The second-order valence-corrected chi connectivity index (χ2v) is 11.9. The van der Waals surface area contributed by atoms with E-state index in [1.165, 1.54) is 36.3 Å². The average Bonchev–Trinajstić information content (AvgIpc) is 3.60. The number of amides is 1. The SMILES string of the molecule is COC(=O)C1=C(CN2CCO[C@H]3CN(CC(C)(C)C(=O)O)C(=O)[C@H]32)NC(c2nccs2)=N[C@H]1c1ccc(F)c(F)c1C. The minimum Gasteiger partial charge on any atom is -0.481 e. The average molecular weight is 604 g/mol. The van der Waals surface area contributed by atoms with Gasteiger partial charge in [0, 0.05) is 43.5 Å². The van der Waals surface area contributed by atoms with Gasteiger partial charge in [-0.25, -0.2) is 18.6 Å². The fraction of sp³-hybridized carbons (Fsp3) is 0.464. The van der Waals surface area contributed by atoms with E-state index < -0.39 is 47.2 Å². The van der Waals surface area contributed by atoms with Crippen LogP contribution in [0.4, 0.5) is 8.78 Å². The highest BCUT2D eigenvalue weighted by Gasteiger charge is 2.49. The number of hydrogen-bond donors (Lipinski definition) is 2. The molecule has 1 aromatic carbocycles. The predicted molar refractivity (Wildman–Crippen MR) is 148 cm³/mol. The highest BCUT2D eigenvalue weighted by Crippen LogP contribution is 2.37. The highest BCUT2D eigenvalue weighted by molar-refractivity contribution is 7.11. The first-order chi connectivity index (χ1) is 19.9. The largest absolute Gasteiger partial charge is 0.481 e. The normalized spacial score (nSPS) is 23.0. The summed E-state index contributed by atoms with van der Waals surface area (Å²) >= 11 is 1.30. The first-order valence-corrected chi connectivity index (χ1v) is 14.2. The zero-order chi connectivity index (χ0) is 30.3. The van der Waals surface area contributed by atoms with Gasteiger partial charge in [-0.2, -0.15) is 0 Å². The zero-order valence-electron chi connectivity index (χ0n) is 23.5. The van der Waals surface area contributed by atoms with E-state index in [-0.39, 0.29) is 42.2 Å². The molecule has 2 N–H and O–H groups in total. The van der Waals surface area contributed by atoms with E-state index >= 15 is 0 Å². The summed E-state index contributed by atoms with van der Waals surface area (Å²) in [5.41, 5.74) is -0.424. The van der Waals surface area contributed by atoms with Crippen molar-refractivity contribution in [2.75, 3.05) is 39.9 Å². The van der Waals surface area contributed by atoms with Crippen LogP contribution in [-0.4, -0.2) is 95.6 Å². The number of hydrogen-bond acceptors (Lipinski definition) is 10. The number of nitrogens with zero attached hydrogens (tertiary/aromatic N) is 4. The molecule has 42 heavy (non-hydrogen) atoms. The Balaban J connectivity index is 1.54. The fourth-order valence-electron chi connectivity index (χ4n) is 5.52. The molecule has 224 valence electrons. The second-order valence-electron chi connectivity index (χ2n) is 11.0. The van der Waals surface area contributed by atoms with Gasteiger partial charge in [-0.3, -0.25) is 19.5 Å². The maximum absolute atomic E-state index is 14.7. The molecule has 5 rings (SSSR count). The van der Waals surface area contributed by atoms with Gasteiger partial charge < -0.3 is 24.8 Å². The molecule has 11 nitrogen and oxygen atoms in total. The maximum atomic E-state index is 14.7. The van der Waals surface area contributed by atoms with Crippen molar-refractivity contribution in [2.45, 2.75) is 39.0 Å². The molecule has 3 atom stereocenters. The Morgan fingerprint density at radius 3 is 2.74 bits per heavy atom. The predicted octanol–water partition coefficient (Wildman–Crippen LogP) is 2.27. The van der Waals surface area contributed by atoms with E-state index in [1.54, 1.807) is 25.4 Å². The smallest absolute Gasteiger partial charge is 0.338 e. The number of thiazole rings is 1. The van der Waals surface area contributed by atoms with Gasteiger partial charge in [-0.05, 0) is 38.0 Å². The van der Waals surface area contributed by atoms with Crippen LogP contribution in [0.5, 0.6) is 0 Å². The number of fused-ring (bicyclic) bond motifs is 1. The summed E-state index contributed by atoms with van der Waals surface area (Å²) in [6, 6.07) is 0.610. The molecule has 3 aliphatic rings. The van der Waals surface area contributed by atoms with Gasteiger partial charge in [0.1, 0.15) is 12.1 Å². The molecule has 3 aliphatic heterocycles. The van der Waals surface area contributed by atoms with Crippen LogP contribution in [0.2, 0.25) is 0 Å². The van der Waals surface area contributed by atoms with E-state index in [4.69, 9.17) is 14.5 Å². The molecule has 0 bridgehead atoms. The molecule has 0 spiro atoms. The fourth-order valence-corrected chi connectivity index (χ4v) is 6.11. The number of carboxylic acid groups (broad SMARTS) is 1. The second kappa shape index (κ2) is 11.5. The number of aliphatic imine (C=N–C) groups is 1. The number of carbonyl (C=O) groups excluding carboxylic acids is 2. The van der Waals surface area contributed by atoms with Crippen LogP contribution >= 0.6 is 11.3 Å². The lowest BCUT2D eigenvalue weighted by Crippen LogP contribution is -2.54. The van der Waals surface area contributed by atoms with Gasteiger partial charge in [0.15, 0.2) is 22.5 Å².